The summed E-state index contributed by atoms with van der Waals surface area (Å²) in [6.07, 6.45) is 11.3. The van der Waals surface area contributed by atoms with Crippen LogP contribution in [0, 0.1) is 5.92 Å². The molecule has 2 aliphatic rings. The molecular weight excluding hydrogens is 380 g/mol. The van der Waals surface area contributed by atoms with Crippen LogP contribution >= 0.6 is 0 Å². The van der Waals surface area contributed by atoms with Gasteiger partial charge < -0.3 is 10.4 Å². The number of carbonyl (C=O) groups is 1. The molecule has 8 heteroatoms. The Bertz CT molecular complexity index is 1100. The quantitative estimate of drug-likeness (QED) is 0.677. The molecule has 1 amide bonds. The van der Waals surface area contributed by atoms with Crippen molar-refractivity contribution in [3.8, 4) is 0 Å². The van der Waals surface area contributed by atoms with Crippen LogP contribution in [0.3, 0.4) is 0 Å². The molecule has 0 radical (unpaired) electrons. The number of aromatic nitrogens is 4. The number of aliphatic hydroxyl groups is 1. The molecule has 2 N–H and O–H groups in total. The molecule has 0 bridgehead atoms. The van der Waals surface area contributed by atoms with Gasteiger partial charge in [-0.1, -0.05) is 6.42 Å². The smallest absolute Gasteiger partial charge is 0.258 e. The zero-order valence-electron chi connectivity index (χ0n) is 16.7. The normalized spacial score (nSPS) is 20.6. The maximum Gasteiger partial charge on any atom is 0.258 e. The molecule has 8 nitrogen and oxygen atoms in total. The summed E-state index contributed by atoms with van der Waals surface area (Å²) in [6.45, 7) is 0.103. The lowest BCUT2D eigenvalue weighted by atomic mass is 9.88. The van der Waals surface area contributed by atoms with E-state index in [-0.39, 0.29) is 18.4 Å². The van der Waals surface area contributed by atoms with E-state index in [0.717, 1.165) is 55.4 Å². The van der Waals surface area contributed by atoms with Gasteiger partial charge in [-0.25, -0.2) is 9.98 Å². The highest BCUT2D eigenvalue weighted by atomic mass is 16.3. The van der Waals surface area contributed by atoms with Crippen LogP contribution in [0.5, 0.6) is 0 Å². The molecule has 0 aromatic carbocycles. The number of anilines is 1. The van der Waals surface area contributed by atoms with Crippen molar-refractivity contribution in [2.24, 2.45) is 10.9 Å². The van der Waals surface area contributed by atoms with Crippen molar-refractivity contribution in [2.75, 3.05) is 11.9 Å². The Labute approximate surface area is 174 Å². The second kappa shape index (κ2) is 7.95. The summed E-state index contributed by atoms with van der Waals surface area (Å²) in [5, 5.41) is 17.1. The van der Waals surface area contributed by atoms with Gasteiger partial charge in [-0.15, -0.1) is 0 Å². The van der Waals surface area contributed by atoms with Gasteiger partial charge in [0.25, 0.3) is 5.91 Å². The monoisotopic (exact) mass is 404 g/mol. The first kappa shape index (κ1) is 18.9. The maximum atomic E-state index is 12.7. The van der Waals surface area contributed by atoms with Crippen LogP contribution in [0.15, 0.2) is 41.8 Å². The number of pyridine rings is 1. The van der Waals surface area contributed by atoms with Gasteiger partial charge >= 0.3 is 0 Å². The molecule has 30 heavy (non-hydrogen) atoms. The fourth-order valence-corrected chi connectivity index (χ4v) is 4.04. The lowest BCUT2D eigenvalue weighted by Gasteiger charge is -2.22. The molecule has 0 aliphatic heterocycles. The Hall–Kier alpha value is -3.13. The van der Waals surface area contributed by atoms with Crippen molar-refractivity contribution < 1.29 is 9.90 Å². The minimum absolute atomic E-state index is 0.0815. The zero-order chi connectivity index (χ0) is 20.5. The van der Waals surface area contributed by atoms with Crippen molar-refractivity contribution in [2.45, 2.75) is 44.4 Å². The van der Waals surface area contributed by atoms with E-state index in [2.05, 4.69) is 15.4 Å². The molecule has 0 saturated heterocycles. The summed E-state index contributed by atoms with van der Waals surface area (Å²) in [7, 11) is 0. The number of nitrogens with one attached hydrogen (secondary N) is 1. The van der Waals surface area contributed by atoms with Gasteiger partial charge in [0, 0.05) is 35.7 Å². The third-order valence-corrected chi connectivity index (χ3v) is 5.85. The highest BCUT2D eigenvalue weighted by Crippen LogP contribution is 2.42. The molecular formula is C22H24N6O2. The number of rotatable bonds is 5. The average Bonchev–Trinajstić information content (AvgIpc) is 3.53. The third-order valence-electron chi connectivity index (χ3n) is 5.85. The number of nitrogens with zero attached hydrogens (tertiary/aromatic N) is 5. The van der Waals surface area contributed by atoms with Gasteiger partial charge in [-0.3, -0.25) is 9.78 Å². The summed E-state index contributed by atoms with van der Waals surface area (Å²) in [4.78, 5) is 26.3. The zero-order valence-corrected chi connectivity index (χ0v) is 16.7. The SMILES string of the molecule is O=C(Nc1cc(N=C2CCCC[C@@H]2CO)nc2c(C3CC3)cnn12)c1cccnc1. The van der Waals surface area contributed by atoms with Crippen LogP contribution in [-0.2, 0) is 0 Å². The Morgan fingerprint density at radius 1 is 1.27 bits per heavy atom. The summed E-state index contributed by atoms with van der Waals surface area (Å²) in [5.41, 5.74) is 3.28. The Kier molecular flexibility index (Phi) is 5.00. The first-order valence-electron chi connectivity index (χ1n) is 10.5. The second-order valence-electron chi connectivity index (χ2n) is 8.03. The second-order valence-corrected chi connectivity index (χ2v) is 8.03. The van der Waals surface area contributed by atoms with E-state index >= 15 is 0 Å². The van der Waals surface area contributed by atoms with Crippen molar-refractivity contribution in [3.05, 3.63) is 47.9 Å². The van der Waals surface area contributed by atoms with Gasteiger partial charge in [-0.05, 0) is 50.2 Å². The van der Waals surface area contributed by atoms with Crippen molar-refractivity contribution in [1.82, 2.24) is 19.6 Å². The predicted molar refractivity (Wildman–Crippen MR) is 113 cm³/mol. The molecule has 3 heterocycles. The summed E-state index contributed by atoms with van der Waals surface area (Å²) < 4.78 is 1.68. The minimum atomic E-state index is -0.261. The molecule has 3 aromatic heterocycles. The van der Waals surface area contributed by atoms with E-state index in [4.69, 9.17) is 9.98 Å². The van der Waals surface area contributed by atoms with E-state index < -0.39 is 0 Å². The number of aliphatic hydroxyl groups excluding tert-OH is 1. The Morgan fingerprint density at radius 2 is 2.17 bits per heavy atom. The lowest BCUT2D eigenvalue weighted by Crippen LogP contribution is -2.22. The van der Waals surface area contributed by atoms with E-state index in [1.54, 1.807) is 28.9 Å². The van der Waals surface area contributed by atoms with Gasteiger partial charge in [0.05, 0.1) is 18.4 Å². The van der Waals surface area contributed by atoms with Gasteiger partial charge in [0.1, 0.15) is 5.82 Å². The largest absolute Gasteiger partial charge is 0.396 e. The highest BCUT2D eigenvalue weighted by Gasteiger charge is 2.29. The lowest BCUT2D eigenvalue weighted by molar-refractivity contribution is 0.102. The standard InChI is InChI=1S/C22H24N6O2/c29-13-16-4-1-2-6-18(16)25-19-10-20(27-22(30)15-5-3-9-23-11-15)28-21(26-19)17(12-24-28)14-7-8-14/h3,5,9-12,14,16,29H,1-2,4,6-8,13H2,(H,27,30)/t16-/m1/s1. The predicted octanol–water partition coefficient (Wildman–Crippen LogP) is 3.51. The fraction of sp³-hybridized carbons (Fsp3) is 0.409. The van der Waals surface area contributed by atoms with E-state index in [9.17, 15) is 9.90 Å². The molecule has 3 aromatic rings. The molecule has 2 aliphatic carbocycles. The summed E-state index contributed by atoms with van der Waals surface area (Å²) in [5.74, 6) is 1.36. The Morgan fingerprint density at radius 3 is 2.93 bits per heavy atom. The number of carbonyl (C=O) groups excluding carboxylic acids is 1. The number of fused-ring (bicyclic) bond motifs is 1. The van der Waals surface area contributed by atoms with Gasteiger partial charge in [-0.2, -0.15) is 9.61 Å². The molecule has 2 saturated carbocycles. The number of hydrogen-bond donors (Lipinski definition) is 2. The number of hydrogen-bond acceptors (Lipinski definition) is 6. The summed E-state index contributed by atoms with van der Waals surface area (Å²) >= 11 is 0. The molecule has 1 atom stereocenters. The molecule has 2 fully saturated rings. The maximum absolute atomic E-state index is 12.7. The first-order chi connectivity index (χ1) is 14.7. The molecule has 154 valence electrons. The van der Waals surface area contributed by atoms with Crippen LogP contribution < -0.4 is 5.32 Å². The van der Waals surface area contributed by atoms with Gasteiger partial charge in [0.2, 0.25) is 0 Å². The van der Waals surface area contributed by atoms with Crippen LogP contribution in [-0.4, -0.2) is 42.9 Å². The van der Waals surface area contributed by atoms with Crippen LogP contribution in [0.1, 0.15) is 60.4 Å². The van der Waals surface area contributed by atoms with Crippen LogP contribution in [0.25, 0.3) is 5.65 Å². The van der Waals surface area contributed by atoms with Gasteiger partial charge in [0.15, 0.2) is 11.5 Å². The molecule has 0 spiro atoms. The van der Waals surface area contributed by atoms with Crippen LogP contribution in [0.2, 0.25) is 0 Å². The van der Waals surface area contributed by atoms with E-state index in [1.165, 1.54) is 6.20 Å². The third kappa shape index (κ3) is 3.70. The van der Waals surface area contributed by atoms with E-state index in [1.807, 2.05) is 6.20 Å². The highest BCUT2D eigenvalue weighted by molar-refractivity contribution is 6.04. The first-order valence-corrected chi connectivity index (χ1v) is 10.5. The number of amides is 1. The van der Waals surface area contributed by atoms with E-state index in [0.29, 0.717) is 23.1 Å². The Balaban J connectivity index is 1.56. The average molecular weight is 404 g/mol. The van der Waals surface area contributed by atoms with Crippen molar-refractivity contribution in [1.29, 1.82) is 0 Å². The fourth-order valence-electron chi connectivity index (χ4n) is 4.04. The van der Waals surface area contributed by atoms with Crippen molar-refractivity contribution in [3.63, 3.8) is 0 Å². The number of aliphatic imine (C=N–C) groups is 1. The van der Waals surface area contributed by atoms with Crippen molar-refractivity contribution >= 4 is 28.9 Å². The molecule has 0 unspecified atom stereocenters. The topological polar surface area (TPSA) is 105 Å². The van der Waals surface area contributed by atoms with Crippen LogP contribution in [0.4, 0.5) is 11.6 Å². The molecule has 5 rings (SSSR count). The minimum Gasteiger partial charge on any atom is -0.396 e. The summed E-state index contributed by atoms with van der Waals surface area (Å²) in [6, 6.07) is 5.20.